The summed E-state index contributed by atoms with van der Waals surface area (Å²) in [5.41, 5.74) is 5.71. The Morgan fingerprint density at radius 2 is 1.74 bits per heavy atom. The number of para-hydroxylation sites is 1. The fourth-order valence-corrected chi connectivity index (χ4v) is 4.15. The summed E-state index contributed by atoms with van der Waals surface area (Å²) in [6.07, 6.45) is 0. The maximum atomic E-state index is 13.5. The quantitative estimate of drug-likeness (QED) is 0.710. The maximum absolute atomic E-state index is 13.5. The van der Waals surface area contributed by atoms with Crippen LogP contribution in [0.15, 0.2) is 48.5 Å². The van der Waals surface area contributed by atoms with Crippen LogP contribution in [-0.4, -0.2) is 66.4 Å². The van der Waals surface area contributed by atoms with Crippen molar-refractivity contribution in [3.05, 3.63) is 65.2 Å². The van der Waals surface area contributed by atoms with Gasteiger partial charge in [0.2, 0.25) is 5.91 Å². The van der Waals surface area contributed by atoms with Crippen molar-refractivity contribution >= 4 is 22.7 Å². The van der Waals surface area contributed by atoms with Crippen LogP contribution in [0.3, 0.4) is 0 Å². The van der Waals surface area contributed by atoms with E-state index in [4.69, 9.17) is 4.98 Å². The van der Waals surface area contributed by atoms with E-state index in [2.05, 4.69) is 42.3 Å². The Kier molecular flexibility index (Phi) is 6.00. The van der Waals surface area contributed by atoms with Crippen molar-refractivity contribution in [2.24, 2.45) is 0 Å². The first kappa shape index (κ1) is 21.0. The number of aromatic nitrogens is 1. The normalized spacial score (nSPS) is 14.6. The van der Waals surface area contributed by atoms with Gasteiger partial charge in [-0.3, -0.25) is 14.5 Å². The SMILES string of the molecule is CNC(=O)CN1CCN(C(=O)c2cc(-c3ccc(C)cc3C)nc3ccccc23)CC1. The van der Waals surface area contributed by atoms with Crippen LogP contribution in [-0.2, 0) is 4.79 Å². The molecule has 1 saturated heterocycles. The van der Waals surface area contributed by atoms with Gasteiger partial charge in [0, 0.05) is 44.2 Å². The van der Waals surface area contributed by atoms with Crippen molar-refractivity contribution in [3.63, 3.8) is 0 Å². The Morgan fingerprint density at radius 1 is 1.00 bits per heavy atom. The third-order valence-electron chi connectivity index (χ3n) is 5.91. The van der Waals surface area contributed by atoms with Crippen molar-refractivity contribution in [3.8, 4) is 11.3 Å². The average molecular weight is 417 g/mol. The molecule has 2 amide bonds. The van der Waals surface area contributed by atoms with Gasteiger partial charge in [0.25, 0.3) is 5.91 Å². The molecule has 0 aliphatic carbocycles. The molecule has 0 radical (unpaired) electrons. The van der Waals surface area contributed by atoms with Gasteiger partial charge in [0.05, 0.1) is 23.3 Å². The number of carbonyl (C=O) groups excluding carboxylic acids is 2. The number of benzene rings is 2. The second-order valence-corrected chi connectivity index (χ2v) is 8.13. The molecule has 160 valence electrons. The van der Waals surface area contributed by atoms with E-state index in [1.54, 1.807) is 7.05 Å². The Labute approximate surface area is 182 Å². The summed E-state index contributed by atoms with van der Waals surface area (Å²) in [7, 11) is 1.64. The van der Waals surface area contributed by atoms with Crippen molar-refractivity contribution in [1.29, 1.82) is 0 Å². The van der Waals surface area contributed by atoms with Crippen LogP contribution >= 0.6 is 0 Å². The molecule has 1 aliphatic heterocycles. The van der Waals surface area contributed by atoms with E-state index in [9.17, 15) is 9.59 Å². The summed E-state index contributed by atoms with van der Waals surface area (Å²) in [6.45, 7) is 7.10. The lowest BCUT2D eigenvalue weighted by Gasteiger charge is -2.34. The number of hydrogen-bond acceptors (Lipinski definition) is 4. The molecule has 0 atom stereocenters. The number of pyridine rings is 1. The second kappa shape index (κ2) is 8.86. The Balaban J connectivity index is 1.65. The van der Waals surface area contributed by atoms with E-state index < -0.39 is 0 Å². The molecule has 3 aromatic rings. The summed E-state index contributed by atoms with van der Waals surface area (Å²) < 4.78 is 0. The van der Waals surface area contributed by atoms with Crippen molar-refractivity contribution in [2.45, 2.75) is 13.8 Å². The van der Waals surface area contributed by atoms with Gasteiger partial charge in [-0.25, -0.2) is 4.98 Å². The van der Waals surface area contributed by atoms with E-state index >= 15 is 0 Å². The van der Waals surface area contributed by atoms with Gasteiger partial charge in [-0.05, 0) is 31.5 Å². The van der Waals surface area contributed by atoms with Gasteiger partial charge in [0.15, 0.2) is 0 Å². The molecule has 1 fully saturated rings. The lowest BCUT2D eigenvalue weighted by atomic mass is 9.99. The smallest absolute Gasteiger partial charge is 0.254 e. The monoisotopic (exact) mass is 416 g/mol. The van der Waals surface area contributed by atoms with Gasteiger partial charge in [-0.2, -0.15) is 0 Å². The standard InChI is InChI=1S/C25H28N4O2/c1-17-8-9-19(18(2)14-17)23-15-21(20-6-4-5-7-22(20)27-23)25(31)29-12-10-28(11-13-29)16-24(30)26-3/h4-9,14-15H,10-13,16H2,1-3H3,(H,26,30). The average Bonchev–Trinajstić information content (AvgIpc) is 2.78. The zero-order valence-electron chi connectivity index (χ0n) is 18.3. The molecule has 6 heteroatoms. The van der Waals surface area contributed by atoms with E-state index in [1.165, 1.54) is 5.56 Å². The highest BCUT2D eigenvalue weighted by atomic mass is 16.2. The molecular weight excluding hydrogens is 388 g/mol. The molecule has 1 aromatic heterocycles. The molecule has 4 rings (SSSR count). The van der Waals surface area contributed by atoms with Crippen molar-refractivity contribution in [1.82, 2.24) is 20.1 Å². The van der Waals surface area contributed by atoms with Gasteiger partial charge < -0.3 is 10.2 Å². The van der Waals surface area contributed by atoms with E-state index in [-0.39, 0.29) is 11.8 Å². The minimum Gasteiger partial charge on any atom is -0.358 e. The molecule has 0 saturated carbocycles. The van der Waals surface area contributed by atoms with Gasteiger partial charge >= 0.3 is 0 Å². The summed E-state index contributed by atoms with van der Waals surface area (Å²) in [5.74, 6) is 0.0159. The Hall–Kier alpha value is -3.25. The molecule has 31 heavy (non-hydrogen) atoms. The molecule has 1 aliphatic rings. The Bertz CT molecular complexity index is 1130. The number of hydrogen-bond donors (Lipinski definition) is 1. The molecular formula is C25H28N4O2. The number of likely N-dealkylation sites (N-methyl/N-ethyl adjacent to an activating group) is 1. The number of amides is 2. The summed E-state index contributed by atoms with van der Waals surface area (Å²) in [6, 6.07) is 16.0. The van der Waals surface area contributed by atoms with Crippen molar-refractivity contribution in [2.75, 3.05) is 39.8 Å². The van der Waals surface area contributed by atoms with Gasteiger partial charge in [0.1, 0.15) is 0 Å². The van der Waals surface area contributed by atoms with E-state index in [0.29, 0.717) is 38.3 Å². The van der Waals surface area contributed by atoms with Crippen LogP contribution in [0.2, 0.25) is 0 Å². The van der Waals surface area contributed by atoms with Gasteiger partial charge in [-0.1, -0.05) is 42.0 Å². The number of carbonyl (C=O) groups is 2. The van der Waals surface area contributed by atoms with Gasteiger partial charge in [-0.15, -0.1) is 0 Å². The number of piperazine rings is 1. The topological polar surface area (TPSA) is 65.5 Å². The fraction of sp³-hybridized carbons (Fsp3) is 0.320. The lowest BCUT2D eigenvalue weighted by molar-refractivity contribution is -0.122. The number of aryl methyl sites for hydroxylation is 2. The molecule has 2 aromatic carbocycles. The van der Waals surface area contributed by atoms with Crippen molar-refractivity contribution < 1.29 is 9.59 Å². The third kappa shape index (κ3) is 4.44. The third-order valence-corrected chi connectivity index (χ3v) is 5.91. The van der Waals surface area contributed by atoms with Crippen LogP contribution in [0.5, 0.6) is 0 Å². The number of nitrogens with one attached hydrogen (secondary N) is 1. The molecule has 2 heterocycles. The summed E-state index contributed by atoms with van der Waals surface area (Å²) in [4.78, 5) is 34.0. The molecule has 1 N–H and O–H groups in total. The summed E-state index contributed by atoms with van der Waals surface area (Å²) in [5, 5.41) is 3.52. The highest BCUT2D eigenvalue weighted by molar-refractivity contribution is 6.07. The predicted molar refractivity (Wildman–Crippen MR) is 123 cm³/mol. The maximum Gasteiger partial charge on any atom is 0.254 e. The second-order valence-electron chi connectivity index (χ2n) is 8.13. The molecule has 6 nitrogen and oxygen atoms in total. The van der Waals surface area contributed by atoms with Crippen LogP contribution in [0, 0.1) is 13.8 Å². The summed E-state index contributed by atoms with van der Waals surface area (Å²) >= 11 is 0. The molecule has 0 bridgehead atoms. The number of rotatable bonds is 4. The number of fused-ring (bicyclic) bond motifs is 1. The number of nitrogens with zero attached hydrogens (tertiary/aromatic N) is 3. The molecule has 0 spiro atoms. The zero-order chi connectivity index (χ0) is 22.0. The first-order chi connectivity index (χ1) is 15.0. The minimum absolute atomic E-state index is 0.00184. The minimum atomic E-state index is -0.00184. The predicted octanol–water partition coefficient (Wildman–Crippen LogP) is 3.02. The van der Waals surface area contributed by atoms with Crippen LogP contribution in [0.1, 0.15) is 21.5 Å². The highest BCUT2D eigenvalue weighted by Gasteiger charge is 2.25. The highest BCUT2D eigenvalue weighted by Crippen LogP contribution is 2.28. The Morgan fingerprint density at radius 3 is 2.45 bits per heavy atom. The van der Waals surface area contributed by atoms with E-state index in [0.717, 1.165) is 27.7 Å². The zero-order valence-corrected chi connectivity index (χ0v) is 18.3. The molecule has 0 unspecified atom stereocenters. The van der Waals surface area contributed by atoms with Crippen LogP contribution in [0.25, 0.3) is 22.2 Å². The lowest BCUT2D eigenvalue weighted by Crippen LogP contribution is -2.50. The fourth-order valence-electron chi connectivity index (χ4n) is 4.15. The first-order valence-electron chi connectivity index (χ1n) is 10.7. The first-order valence-corrected chi connectivity index (χ1v) is 10.7. The van der Waals surface area contributed by atoms with Crippen LogP contribution in [0.4, 0.5) is 0 Å². The van der Waals surface area contributed by atoms with E-state index in [1.807, 2.05) is 35.2 Å². The largest absolute Gasteiger partial charge is 0.358 e. The van der Waals surface area contributed by atoms with Crippen LogP contribution < -0.4 is 5.32 Å².